The Balaban J connectivity index is 2.08. The molecule has 0 aliphatic carbocycles. The fourth-order valence-electron chi connectivity index (χ4n) is 1.30. The number of nitrogens with one attached hydrogen (secondary N) is 1. The number of rotatable bonds is 3. The SMILES string of the molecule is COc1ccccc1NC1COC1. The molecule has 70 valence electrons. The maximum atomic E-state index is 5.21. The molecule has 0 atom stereocenters. The highest BCUT2D eigenvalue weighted by Crippen LogP contribution is 2.24. The van der Waals surface area contributed by atoms with Crippen LogP contribution in [0, 0.1) is 0 Å². The number of hydrogen-bond acceptors (Lipinski definition) is 3. The molecule has 0 spiro atoms. The van der Waals surface area contributed by atoms with Crippen molar-refractivity contribution in [3.63, 3.8) is 0 Å². The second-order valence-corrected chi connectivity index (χ2v) is 3.08. The van der Waals surface area contributed by atoms with Gasteiger partial charge in [-0.05, 0) is 12.1 Å². The monoisotopic (exact) mass is 179 g/mol. The van der Waals surface area contributed by atoms with Gasteiger partial charge in [0.1, 0.15) is 5.75 Å². The van der Waals surface area contributed by atoms with E-state index in [2.05, 4.69) is 5.32 Å². The molecular formula is C10H13NO2. The zero-order chi connectivity index (χ0) is 9.10. The van der Waals surface area contributed by atoms with Crippen LogP contribution in [0.1, 0.15) is 0 Å². The highest BCUT2D eigenvalue weighted by atomic mass is 16.5. The van der Waals surface area contributed by atoms with E-state index < -0.39 is 0 Å². The summed E-state index contributed by atoms with van der Waals surface area (Å²) in [6.45, 7) is 1.58. The number of methoxy groups -OCH3 is 1. The van der Waals surface area contributed by atoms with Crippen molar-refractivity contribution in [1.29, 1.82) is 0 Å². The zero-order valence-electron chi connectivity index (χ0n) is 7.62. The van der Waals surface area contributed by atoms with Gasteiger partial charge in [0.15, 0.2) is 0 Å². The van der Waals surface area contributed by atoms with Crippen molar-refractivity contribution in [3.8, 4) is 5.75 Å². The van der Waals surface area contributed by atoms with Crippen molar-refractivity contribution >= 4 is 5.69 Å². The van der Waals surface area contributed by atoms with Gasteiger partial charge in [-0.15, -0.1) is 0 Å². The summed E-state index contributed by atoms with van der Waals surface area (Å²) >= 11 is 0. The molecular weight excluding hydrogens is 166 g/mol. The second kappa shape index (κ2) is 3.66. The molecule has 1 aliphatic rings. The first-order valence-corrected chi connectivity index (χ1v) is 4.37. The molecule has 1 fully saturated rings. The summed E-state index contributed by atoms with van der Waals surface area (Å²) in [5.41, 5.74) is 1.04. The third kappa shape index (κ3) is 1.75. The van der Waals surface area contributed by atoms with Crippen LogP contribution in [0.3, 0.4) is 0 Å². The Morgan fingerprint density at radius 1 is 1.38 bits per heavy atom. The van der Waals surface area contributed by atoms with Crippen LogP contribution < -0.4 is 10.1 Å². The molecule has 0 aromatic heterocycles. The third-order valence-corrected chi connectivity index (χ3v) is 2.10. The Kier molecular flexibility index (Phi) is 2.36. The number of para-hydroxylation sites is 2. The molecule has 1 aromatic carbocycles. The molecule has 13 heavy (non-hydrogen) atoms. The van der Waals surface area contributed by atoms with E-state index in [1.54, 1.807) is 7.11 Å². The van der Waals surface area contributed by atoms with Crippen LogP contribution in [0.5, 0.6) is 5.75 Å². The first-order valence-electron chi connectivity index (χ1n) is 4.37. The lowest BCUT2D eigenvalue weighted by molar-refractivity contribution is 0.0210. The Morgan fingerprint density at radius 3 is 2.77 bits per heavy atom. The van der Waals surface area contributed by atoms with Crippen LogP contribution in [-0.4, -0.2) is 26.4 Å². The fourth-order valence-corrected chi connectivity index (χ4v) is 1.30. The summed E-state index contributed by atoms with van der Waals surface area (Å²) in [5, 5.41) is 3.35. The Labute approximate surface area is 77.7 Å². The molecule has 0 unspecified atom stereocenters. The maximum Gasteiger partial charge on any atom is 0.141 e. The summed E-state index contributed by atoms with van der Waals surface area (Å²) < 4.78 is 10.3. The second-order valence-electron chi connectivity index (χ2n) is 3.08. The smallest absolute Gasteiger partial charge is 0.141 e. The summed E-state index contributed by atoms with van der Waals surface area (Å²) in [6.07, 6.45) is 0. The first-order chi connectivity index (χ1) is 6.40. The van der Waals surface area contributed by atoms with Crippen molar-refractivity contribution in [2.45, 2.75) is 6.04 Å². The van der Waals surface area contributed by atoms with Crippen LogP contribution >= 0.6 is 0 Å². The van der Waals surface area contributed by atoms with E-state index in [0.29, 0.717) is 6.04 Å². The molecule has 1 aliphatic heterocycles. The summed E-state index contributed by atoms with van der Waals surface area (Å²) in [6, 6.07) is 8.35. The Hall–Kier alpha value is -1.22. The predicted molar refractivity (Wildman–Crippen MR) is 51.2 cm³/mol. The average Bonchev–Trinajstić information content (AvgIpc) is 2.12. The lowest BCUT2D eigenvalue weighted by Gasteiger charge is -2.28. The number of benzene rings is 1. The van der Waals surface area contributed by atoms with E-state index in [0.717, 1.165) is 24.7 Å². The third-order valence-electron chi connectivity index (χ3n) is 2.10. The van der Waals surface area contributed by atoms with E-state index in [1.165, 1.54) is 0 Å². The van der Waals surface area contributed by atoms with Gasteiger partial charge >= 0.3 is 0 Å². The lowest BCUT2D eigenvalue weighted by Crippen LogP contribution is -2.40. The molecule has 2 rings (SSSR count). The van der Waals surface area contributed by atoms with Crippen LogP contribution in [0.15, 0.2) is 24.3 Å². The van der Waals surface area contributed by atoms with Crippen molar-refractivity contribution in [2.75, 3.05) is 25.6 Å². The normalized spacial score (nSPS) is 16.4. The topological polar surface area (TPSA) is 30.5 Å². The molecule has 0 radical (unpaired) electrons. The minimum atomic E-state index is 0.441. The molecule has 1 aromatic rings. The minimum Gasteiger partial charge on any atom is -0.495 e. The molecule has 1 saturated heterocycles. The highest BCUT2D eigenvalue weighted by Gasteiger charge is 2.18. The molecule has 0 amide bonds. The Morgan fingerprint density at radius 2 is 2.15 bits per heavy atom. The van der Waals surface area contributed by atoms with Crippen LogP contribution in [0.25, 0.3) is 0 Å². The van der Waals surface area contributed by atoms with Gasteiger partial charge < -0.3 is 14.8 Å². The molecule has 1 heterocycles. The lowest BCUT2D eigenvalue weighted by atomic mass is 10.2. The Bertz CT molecular complexity index is 284. The average molecular weight is 179 g/mol. The van der Waals surface area contributed by atoms with E-state index in [-0.39, 0.29) is 0 Å². The van der Waals surface area contributed by atoms with Crippen molar-refractivity contribution in [3.05, 3.63) is 24.3 Å². The van der Waals surface area contributed by atoms with Gasteiger partial charge in [-0.25, -0.2) is 0 Å². The molecule has 1 N–H and O–H groups in total. The fraction of sp³-hybridized carbons (Fsp3) is 0.400. The molecule has 3 heteroatoms. The quantitative estimate of drug-likeness (QED) is 0.762. The van der Waals surface area contributed by atoms with Crippen molar-refractivity contribution < 1.29 is 9.47 Å². The molecule has 0 bridgehead atoms. The molecule has 0 saturated carbocycles. The van der Waals surface area contributed by atoms with Crippen molar-refractivity contribution in [1.82, 2.24) is 0 Å². The van der Waals surface area contributed by atoms with E-state index in [9.17, 15) is 0 Å². The maximum absolute atomic E-state index is 5.21. The van der Waals surface area contributed by atoms with Crippen LogP contribution in [0.2, 0.25) is 0 Å². The van der Waals surface area contributed by atoms with E-state index >= 15 is 0 Å². The summed E-state index contributed by atoms with van der Waals surface area (Å²) in [4.78, 5) is 0. The number of ether oxygens (including phenoxy) is 2. The van der Waals surface area contributed by atoms with Gasteiger partial charge in [-0.2, -0.15) is 0 Å². The van der Waals surface area contributed by atoms with E-state index in [1.807, 2.05) is 24.3 Å². The first kappa shape index (κ1) is 8.38. The number of hydrogen-bond donors (Lipinski definition) is 1. The van der Waals surface area contributed by atoms with Gasteiger partial charge in [-0.3, -0.25) is 0 Å². The largest absolute Gasteiger partial charge is 0.495 e. The predicted octanol–water partition coefficient (Wildman–Crippen LogP) is 1.51. The van der Waals surface area contributed by atoms with Crippen LogP contribution in [0.4, 0.5) is 5.69 Å². The summed E-state index contributed by atoms with van der Waals surface area (Å²) in [5.74, 6) is 0.884. The van der Waals surface area contributed by atoms with Crippen molar-refractivity contribution in [2.24, 2.45) is 0 Å². The summed E-state index contributed by atoms with van der Waals surface area (Å²) in [7, 11) is 1.68. The highest BCUT2D eigenvalue weighted by molar-refractivity contribution is 5.56. The van der Waals surface area contributed by atoms with Gasteiger partial charge in [0.05, 0.1) is 32.1 Å². The van der Waals surface area contributed by atoms with Crippen LogP contribution in [-0.2, 0) is 4.74 Å². The standard InChI is InChI=1S/C10H13NO2/c1-12-10-5-3-2-4-9(10)11-8-6-13-7-8/h2-5,8,11H,6-7H2,1H3. The number of anilines is 1. The minimum absolute atomic E-state index is 0.441. The molecule has 3 nitrogen and oxygen atoms in total. The van der Waals surface area contributed by atoms with E-state index in [4.69, 9.17) is 9.47 Å². The van der Waals surface area contributed by atoms with Gasteiger partial charge in [-0.1, -0.05) is 12.1 Å². The van der Waals surface area contributed by atoms with Gasteiger partial charge in [0.2, 0.25) is 0 Å². The van der Waals surface area contributed by atoms with Gasteiger partial charge in [0.25, 0.3) is 0 Å². The zero-order valence-corrected chi connectivity index (χ0v) is 7.62. The van der Waals surface area contributed by atoms with Gasteiger partial charge in [0, 0.05) is 0 Å².